The van der Waals surface area contributed by atoms with E-state index in [0.717, 1.165) is 27.0 Å². The number of thiophene rings is 1. The number of nitrogens with zero attached hydrogens (tertiary/aromatic N) is 2. The maximum Gasteiger partial charge on any atom is 0.221 e. The Morgan fingerprint density at radius 3 is 2.61 bits per heavy atom. The van der Waals surface area contributed by atoms with Gasteiger partial charge in [-0.1, -0.05) is 30.3 Å². The van der Waals surface area contributed by atoms with Crippen LogP contribution in [0.15, 0.2) is 53.9 Å². The van der Waals surface area contributed by atoms with Crippen molar-refractivity contribution in [2.45, 2.75) is 13.5 Å². The molecule has 2 aromatic carbocycles. The van der Waals surface area contributed by atoms with E-state index in [4.69, 9.17) is 14.5 Å². The van der Waals surface area contributed by atoms with Crippen LogP contribution < -0.4 is 15.4 Å². The Bertz CT molecular complexity index is 1220. The lowest BCUT2D eigenvalue weighted by Crippen LogP contribution is -2.07. The number of carbonyl (C=O) groups excluding carboxylic acids is 1. The molecule has 4 aromatic rings. The molecule has 2 heterocycles. The molecular weight excluding hydrogens is 412 g/mol. The van der Waals surface area contributed by atoms with Crippen LogP contribution >= 0.6 is 11.3 Å². The van der Waals surface area contributed by atoms with Crippen LogP contribution in [0.1, 0.15) is 12.7 Å². The molecule has 1 amide bonds. The lowest BCUT2D eigenvalue weighted by molar-refractivity contribution is -0.114. The minimum atomic E-state index is -0.161. The molecule has 0 aliphatic carbocycles. The first-order valence-electron chi connectivity index (χ1n) is 9.64. The third kappa shape index (κ3) is 4.50. The van der Waals surface area contributed by atoms with Crippen molar-refractivity contribution in [2.24, 2.45) is 0 Å². The fourth-order valence-electron chi connectivity index (χ4n) is 3.30. The molecule has 31 heavy (non-hydrogen) atoms. The van der Waals surface area contributed by atoms with Crippen molar-refractivity contribution in [3.8, 4) is 16.9 Å². The van der Waals surface area contributed by atoms with Crippen molar-refractivity contribution < 1.29 is 14.3 Å². The van der Waals surface area contributed by atoms with Crippen LogP contribution in [0.4, 0.5) is 17.2 Å². The number of hydrogen-bond acceptors (Lipinski definition) is 7. The minimum absolute atomic E-state index is 0.161. The monoisotopic (exact) mass is 434 g/mol. The molecule has 158 valence electrons. The highest BCUT2D eigenvalue weighted by Gasteiger charge is 2.16. The quantitative estimate of drug-likeness (QED) is 0.415. The molecule has 0 aliphatic heterocycles. The molecule has 0 saturated heterocycles. The highest BCUT2D eigenvalue weighted by Crippen LogP contribution is 2.38. The minimum Gasteiger partial charge on any atom is -0.494 e. The summed E-state index contributed by atoms with van der Waals surface area (Å²) in [6.45, 7) is 1.77. The summed E-state index contributed by atoms with van der Waals surface area (Å²) in [6.07, 6.45) is 0. The number of aromatic nitrogens is 2. The molecule has 8 heteroatoms. The third-order valence-corrected chi connectivity index (χ3v) is 5.49. The van der Waals surface area contributed by atoms with Gasteiger partial charge in [0.15, 0.2) is 5.82 Å². The van der Waals surface area contributed by atoms with Gasteiger partial charge in [0, 0.05) is 36.7 Å². The number of methoxy groups -OCH3 is 2. The average molecular weight is 435 g/mol. The van der Waals surface area contributed by atoms with E-state index in [0.29, 0.717) is 29.7 Å². The zero-order valence-electron chi connectivity index (χ0n) is 17.4. The van der Waals surface area contributed by atoms with Crippen LogP contribution in [-0.4, -0.2) is 30.1 Å². The number of benzene rings is 2. The van der Waals surface area contributed by atoms with Crippen LogP contribution in [-0.2, 0) is 16.1 Å². The number of fused-ring (bicyclic) bond motifs is 1. The Morgan fingerprint density at radius 1 is 1.10 bits per heavy atom. The first-order valence-corrected chi connectivity index (χ1v) is 10.5. The number of nitrogens with one attached hydrogen (secondary N) is 2. The van der Waals surface area contributed by atoms with E-state index < -0.39 is 0 Å². The predicted octanol–water partition coefficient (Wildman–Crippen LogP) is 5.22. The highest BCUT2D eigenvalue weighted by molar-refractivity contribution is 7.17. The lowest BCUT2D eigenvalue weighted by atomic mass is 10.1. The second-order valence-electron chi connectivity index (χ2n) is 6.84. The van der Waals surface area contributed by atoms with Gasteiger partial charge in [-0.3, -0.25) is 4.79 Å². The molecule has 0 aliphatic rings. The number of hydrogen-bond donors (Lipinski definition) is 2. The van der Waals surface area contributed by atoms with Gasteiger partial charge in [0.2, 0.25) is 5.91 Å². The molecule has 4 rings (SSSR count). The fourth-order valence-corrected chi connectivity index (χ4v) is 4.26. The largest absolute Gasteiger partial charge is 0.494 e. The number of carbonyl (C=O) groups is 1. The summed E-state index contributed by atoms with van der Waals surface area (Å²) in [7, 11) is 3.19. The maximum absolute atomic E-state index is 11.4. The summed E-state index contributed by atoms with van der Waals surface area (Å²) in [5.41, 5.74) is 3.54. The van der Waals surface area contributed by atoms with Crippen LogP contribution in [0.3, 0.4) is 0 Å². The molecule has 0 fully saturated rings. The zero-order chi connectivity index (χ0) is 21.8. The van der Waals surface area contributed by atoms with E-state index in [1.807, 2.05) is 30.3 Å². The molecule has 7 nitrogen and oxygen atoms in total. The smallest absolute Gasteiger partial charge is 0.221 e. The molecule has 2 aromatic heterocycles. The summed E-state index contributed by atoms with van der Waals surface area (Å²) in [6, 6.07) is 15.6. The average Bonchev–Trinajstić information content (AvgIpc) is 3.19. The van der Waals surface area contributed by atoms with E-state index in [1.165, 1.54) is 6.92 Å². The van der Waals surface area contributed by atoms with Gasteiger partial charge in [0.1, 0.15) is 23.0 Å². The molecule has 0 saturated carbocycles. The Kier molecular flexibility index (Phi) is 6.11. The van der Waals surface area contributed by atoms with E-state index >= 15 is 0 Å². The van der Waals surface area contributed by atoms with Gasteiger partial charge in [-0.05, 0) is 17.7 Å². The molecule has 0 spiro atoms. The number of amides is 1. The Labute approximate surface area is 184 Å². The lowest BCUT2D eigenvalue weighted by Gasteiger charge is -2.14. The van der Waals surface area contributed by atoms with Crippen molar-refractivity contribution in [3.63, 3.8) is 0 Å². The second-order valence-corrected chi connectivity index (χ2v) is 7.70. The van der Waals surface area contributed by atoms with Crippen molar-refractivity contribution in [1.82, 2.24) is 9.97 Å². The van der Waals surface area contributed by atoms with Crippen LogP contribution in [0, 0.1) is 0 Å². The summed E-state index contributed by atoms with van der Waals surface area (Å²) >= 11 is 1.57. The second kappa shape index (κ2) is 9.11. The van der Waals surface area contributed by atoms with Crippen molar-refractivity contribution in [3.05, 3.63) is 59.7 Å². The third-order valence-electron chi connectivity index (χ3n) is 4.61. The molecular formula is C23H22N4O3S. The summed E-state index contributed by atoms with van der Waals surface area (Å²) in [5, 5.41) is 9.21. The van der Waals surface area contributed by atoms with Gasteiger partial charge in [-0.15, -0.1) is 11.3 Å². The van der Waals surface area contributed by atoms with Crippen molar-refractivity contribution >= 4 is 44.7 Å². The summed E-state index contributed by atoms with van der Waals surface area (Å²) in [5.74, 6) is 1.68. The molecule has 0 unspecified atom stereocenters. The van der Waals surface area contributed by atoms with Crippen LogP contribution in [0.25, 0.3) is 21.3 Å². The number of ether oxygens (including phenoxy) is 2. The Balaban J connectivity index is 1.80. The zero-order valence-corrected chi connectivity index (χ0v) is 18.2. The predicted molar refractivity (Wildman–Crippen MR) is 124 cm³/mol. The van der Waals surface area contributed by atoms with Crippen LogP contribution in [0.5, 0.6) is 5.75 Å². The van der Waals surface area contributed by atoms with Crippen molar-refractivity contribution in [2.75, 3.05) is 24.9 Å². The van der Waals surface area contributed by atoms with E-state index in [-0.39, 0.29) is 5.91 Å². The molecule has 2 N–H and O–H groups in total. The first kappa shape index (κ1) is 20.8. The van der Waals surface area contributed by atoms with E-state index in [9.17, 15) is 4.79 Å². The number of rotatable bonds is 7. The normalized spacial score (nSPS) is 10.8. The van der Waals surface area contributed by atoms with Gasteiger partial charge in [-0.2, -0.15) is 0 Å². The molecule has 0 atom stereocenters. The summed E-state index contributed by atoms with van der Waals surface area (Å²) < 4.78 is 10.7. The molecule has 0 bridgehead atoms. The fraction of sp³-hybridized carbons (Fsp3) is 0.174. The SMILES string of the molecule is COCc1nc(Nc2ccc(NC(C)=O)c(OC)c2)c2c(-c3ccccc3)csc2n1. The standard InChI is InChI=1S/C23H22N4O3S/c1-14(28)24-18-10-9-16(11-19(18)30-3)25-22-21-17(15-7-5-4-6-8-15)13-31-23(21)27-20(26-22)12-29-2/h4-11,13H,12H2,1-3H3,(H,24,28)(H,25,26,27). The first-order chi connectivity index (χ1) is 15.1. The molecule has 0 radical (unpaired) electrons. The Morgan fingerprint density at radius 2 is 1.90 bits per heavy atom. The van der Waals surface area contributed by atoms with Gasteiger partial charge in [0.05, 0.1) is 18.2 Å². The van der Waals surface area contributed by atoms with E-state index in [2.05, 4.69) is 33.1 Å². The summed E-state index contributed by atoms with van der Waals surface area (Å²) in [4.78, 5) is 21.7. The van der Waals surface area contributed by atoms with Crippen LogP contribution in [0.2, 0.25) is 0 Å². The van der Waals surface area contributed by atoms with Crippen molar-refractivity contribution in [1.29, 1.82) is 0 Å². The van der Waals surface area contributed by atoms with Gasteiger partial charge >= 0.3 is 0 Å². The van der Waals surface area contributed by atoms with Gasteiger partial charge in [0.25, 0.3) is 0 Å². The Hall–Kier alpha value is -3.49. The van der Waals surface area contributed by atoms with E-state index in [1.54, 1.807) is 31.6 Å². The van der Waals surface area contributed by atoms with Gasteiger partial charge < -0.3 is 20.1 Å². The van der Waals surface area contributed by atoms with Gasteiger partial charge in [-0.25, -0.2) is 9.97 Å². The maximum atomic E-state index is 11.4. The topological polar surface area (TPSA) is 85.4 Å². The number of anilines is 3. The highest BCUT2D eigenvalue weighted by atomic mass is 32.1.